The zero-order chi connectivity index (χ0) is 12.7. The molecular formula is C12H19N3O2. The predicted molar refractivity (Wildman–Crippen MR) is 64.8 cm³/mol. The van der Waals surface area contributed by atoms with Gasteiger partial charge < -0.3 is 9.64 Å². The van der Waals surface area contributed by atoms with Crippen molar-refractivity contribution in [2.45, 2.75) is 20.8 Å². The number of ether oxygens (including phenoxy) is 1. The monoisotopic (exact) mass is 237 g/mol. The number of amides is 1. The van der Waals surface area contributed by atoms with Gasteiger partial charge in [-0.15, -0.1) is 0 Å². The molecular weight excluding hydrogens is 218 g/mol. The second kappa shape index (κ2) is 6.96. The SMILES string of the molecule is CC.Cc1cc(C(=O)N2CCOCC2)ncn1. The first-order valence-electron chi connectivity index (χ1n) is 5.93. The molecule has 0 aliphatic carbocycles. The fourth-order valence-corrected chi connectivity index (χ4v) is 1.50. The lowest BCUT2D eigenvalue weighted by molar-refractivity contribution is 0.0299. The first-order valence-corrected chi connectivity index (χ1v) is 5.93. The van der Waals surface area contributed by atoms with Crippen molar-refractivity contribution in [3.8, 4) is 0 Å². The summed E-state index contributed by atoms with van der Waals surface area (Å²) in [4.78, 5) is 21.6. The van der Waals surface area contributed by atoms with Crippen LogP contribution in [0.15, 0.2) is 12.4 Å². The van der Waals surface area contributed by atoms with Gasteiger partial charge in [0.05, 0.1) is 13.2 Å². The van der Waals surface area contributed by atoms with Crippen molar-refractivity contribution in [1.82, 2.24) is 14.9 Å². The minimum atomic E-state index is -0.0381. The molecule has 1 aliphatic rings. The van der Waals surface area contributed by atoms with Crippen molar-refractivity contribution in [1.29, 1.82) is 0 Å². The molecule has 0 saturated carbocycles. The standard InChI is InChI=1S/C10H13N3O2.C2H6/c1-8-6-9(12-7-11-8)10(14)13-2-4-15-5-3-13;1-2/h6-7H,2-5H2,1H3;1-2H3. The van der Waals surface area contributed by atoms with Crippen LogP contribution in [-0.2, 0) is 4.74 Å². The van der Waals surface area contributed by atoms with E-state index in [2.05, 4.69) is 9.97 Å². The van der Waals surface area contributed by atoms with E-state index in [1.807, 2.05) is 20.8 Å². The fourth-order valence-electron chi connectivity index (χ4n) is 1.50. The smallest absolute Gasteiger partial charge is 0.272 e. The normalized spacial score (nSPS) is 14.9. The van der Waals surface area contributed by atoms with E-state index in [9.17, 15) is 4.79 Å². The van der Waals surface area contributed by atoms with Crippen molar-refractivity contribution in [3.05, 3.63) is 23.8 Å². The van der Waals surface area contributed by atoms with Gasteiger partial charge in [0.25, 0.3) is 5.91 Å². The third kappa shape index (κ3) is 3.78. The summed E-state index contributed by atoms with van der Waals surface area (Å²) >= 11 is 0. The maximum absolute atomic E-state index is 11.9. The lowest BCUT2D eigenvalue weighted by Gasteiger charge is -2.26. The Bertz CT molecular complexity index is 363. The lowest BCUT2D eigenvalue weighted by Crippen LogP contribution is -2.41. The maximum Gasteiger partial charge on any atom is 0.272 e. The minimum Gasteiger partial charge on any atom is -0.378 e. The summed E-state index contributed by atoms with van der Waals surface area (Å²) in [5.74, 6) is -0.0381. The van der Waals surface area contributed by atoms with E-state index in [4.69, 9.17) is 4.74 Å². The van der Waals surface area contributed by atoms with Crippen LogP contribution in [0.4, 0.5) is 0 Å². The molecule has 5 nitrogen and oxygen atoms in total. The summed E-state index contributed by atoms with van der Waals surface area (Å²) in [5.41, 5.74) is 1.27. The highest BCUT2D eigenvalue weighted by molar-refractivity contribution is 5.92. The number of aryl methyl sites for hydroxylation is 1. The Kier molecular flexibility index (Phi) is 5.56. The number of carbonyl (C=O) groups excluding carboxylic acids is 1. The van der Waals surface area contributed by atoms with Gasteiger partial charge in [0, 0.05) is 18.8 Å². The molecule has 17 heavy (non-hydrogen) atoms. The molecule has 0 radical (unpaired) electrons. The van der Waals surface area contributed by atoms with E-state index < -0.39 is 0 Å². The molecule has 1 saturated heterocycles. The van der Waals surface area contributed by atoms with Crippen molar-refractivity contribution >= 4 is 5.91 Å². The number of hydrogen-bond donors (Lipinski definition) is 0. The van der Waals surface area contributed by atoms with Gasteiger partial charge >= 0.3 is 0 Å². The molecule has 2 rings (SSSR count). The Balaban J connectivity index is 0.000000686. The average molecular weight is 237 g/mol. The molecule has 1 fully saturated rings. The topological polar surface area (TPSA) is 55.3 Å². The second-order valence-electron chi connectivity index (χ2n) is 3.45. The highest BCUT2D eigenvalue weighted by atomic mass is 16.5. The highest BCUT2D eigenvalue weighted by Gasteiger charge is 2.19. The van der Waals surface area contributed by atoms with Gasteiger partial charge in [-0.25, -0.2) is 9.97 Å². The Morgan fingerprint density at radius 3 is 2.53 bits per heavy atom. The molecule has 0 N–H and O–H groups in total. The van der Waals surface area contributed by atoms with Crippen LogP contribution < -0.4 is 0 Å². The van der Waals surface area contributed by atoms with Gasteiger partial charge in [0.2, 0.25) is 0 Å². The molecule has 1 amide bonds. The molecule has 0 unspecified atom stereocenters. The van der Waals surface area contributed by atoms with Crippen molar-refractivity contribution in [2.24, 2.45) is 0 Å². The van der Waals surface area contributed by atoms with Gasteiger partial charge in [0.1, 0.15) is 12.0 Å². The molecule has 0 spiro atoms. The Labute approximate surface area is 102 Å². The zero-order valence-electron chi connectivity index (χ0n) is 10.6. The number of nitrogens with zero attached hydrogens (tertiary/aromatic N) is 3. The van der Waals surface area contributed by atoms with E-state index in [1.165, 1.54) is 6.33 Å². The first-order chi connectivity index (χ1) is 8.27. The Hall–Kier alpha value is -1.49. The fraction of sp³-hybridized carbons (Fsp3) is 0.583. The molecule has 1 aromatic heterocycles. The van der Waals surface area contributed by atoms with Crippen LogP contribution in [0.5, 0.6) is 0 Å². The number of aromatic nitrogens is 2. The number of carbonyl (C=O) groups is 1. The number of morpholine rings is 1. The molecule has 5 heteroatoms. The largest absolute Gasteiger partial charge is 0.378 e. The van der Waals surface area contributed by atoms with Gasteiger partial charge in [0.15, 0.2) is 0 Å². The molecule has 0 aromatic carbocycles. The molecule has 0 bridgehead atoms. The molecule has 1 aromatic rings. The zero-order valence-corrected chi connectivity index (χ0v) is 10.6. The summed E-state index contributed by atoms with van der Waals surface area (Å²) < 4.78 is 5.18. The molecule has 2 heterocycles. The van der Waals surface area contributed by atoms with Gasteiger partial charge in [-0.05, 0) is 13.0 Å². The van der Waals surface area contributed by atoms with Crippen molar-refractivity contribution in [3.63, 3.8) is 0 Å². The van der Waals surface area contributed by atoms with E-state index in [-0.39, 0.29) is 5.91 Å². The van der Waals surface area contributed by atoms with Crippen LogP contribution >= 0.6 is 0 Å². The van der Waals surface area contributed by atoms with Crippen LogP contribution in [0, 0.1) is 6.92 Å². The molecule has 94 valence electrons. The van der Waals surface area contributed by atoms with Crippen LogP contribution in [0.2, 0.25) is 0 Å². The van der Waals surface area contributed by atoms with Crippen LogP contribution in [0.1, 0.15) is 30.0 Å². The quantitative estimate of drug-likeness (QED) is 0.738. The van der Waals surface area contributed by atoms with Crippen molar-refractivity contribution in [2.75, 3.05) is 26.3 Å². The average Bonchev–Trinajstić information content (AvgIpc) is 2.41. The third-order valence-corrected chi connectivity index (χ3v) is 2.32. The maximum atomic E-state index is 11.9. The van der Waals surface area contributed by atoms with E-state index in [0.29, 0.717) is 32.0 Å². The van der Waals surface area contributed by atoms with Gasteiger partial charge in [-0.2, -0.15) is 0 Å². The molecule has 1 aliphatic heterocycles. The number of hydrogen-bond acceptors (Lipinski definition) is 4. The van der Waals surface area contributed by atoms with Crippen LogP contribution in [0.25, 0.3) is 0 Å². The summed E-state index contributed by atoms with van der Waals surface area (Å²) in [7, 11) is 0. The van der Waals surface area contributed by atoms with Gasteiger partial charge in [-0.3, -0.25) is 4.79 Å². The lowest BCUT2D eigenvalue weighted by atomic mass is 10.3. The predicted octanol–water partition coefficient (Wildman–Crippen LogP) is 1.28. The number of rotatable bonds is 1. The Morgan fingerprint density at radius 1 is 1.29 bits per heavy atom. The third-order valence-electron chi connectivity index (χ3n) is 2.32. The van der Waals surface area contributed by atoms with Crippen LogP contribution in [-0.4, -0.2) is 47.1 Å². The summed E-state index contributed by atoms with van der Waals surface area (Å²) in [6, 6.07) is 1.71. The minimum absolute atomic E-state index is 0.0381. The first kappa shape index (κ1) is 13.6. The van der Waals surface area contributed by atoms with Crippen LogP contribution in [0.3, 0.4) is 0 Å². The second-order valence-corrected chi connectivity index (χ2v) is 3.45. The highest BCUT2D eigenvalue weighted by Crippen LogP contribution is 2.05. The van der Waals surface area contributed by atoms with E-state index >= 15 is 0 Å². The summed E-state index contributed by atoms with van der Waals surface area (Å²) in [6.07, 6.45) is 1.42. The summed E-state index contributed by atoms with van der Waals surface area (Å²) in [6.45, 7) is 8.34. The van der Waals surface area contributed by atoms with Gasteiger partial charge in [-0.1, -0.05) is 13.8 Å². The molecule has 0 atom stereocenters. The van der Waals surface area contributed by atoms with E-state index in [0.717, 1.165) is 5.69 Å². The Morgan fingerprint density at radius 2 is 1.94 bits per heavy atom. The van der Waals surface area contributed by atoms with E-state index in [1.54, 1.807) is 11.0 Å². The summed E-state index contributed by atoms with van der Waals surface area (Å²) in [5, 5.41) is 0. The van der Waals surface area contributed by atoms with Crippen molar-refractivity contribution < 1.29 is 9.53 Å².